The molecular weight excluding hydrogens is 302 g/mol. The Morgan fingerprint density at radius 2 is 1.61 bits per heavy atom. The molecule has 0 spiro atoms. The SMILES string of the molecule is CN(CC1CC1)C(C/C=C/c1ccccc1)c1ccccc1.Cl. The number of halogens is 1. The zero-order chi connectivity index (χ0) is 15.2. The van der Waals surface area contributed by atoms with Crippen LogP contribution in [0.3, 0.4) is 0 Å². The molecule has 0 heterocycles. The molecule has 122 valence electrons. The Kier molecular flexibility index (Phi) is 6.88. The molecule has 1 atom stereocenters. The second-order valence-corrected chi connectivity index (χ2v) is 6.36. The van der Waals surface area contributed by atoms with E-state index in [0.29, 0.717) is 6.04 Å². The second kappa shape index (κ2) is 8.90. The molecule has 3 rings (SSSR count). The maximum Gasteiger partial charge on any atom is 0.0379 e. The van der Waals surface area contributed by atoms with Crippen molar-refractivity contribution in [3.8, 4) is 0 Å². The van der Waals surface area contributed by atoms with Crippen molar-refractivity contribution >= 4 is 18.5 Å². The van der Waals surface area contributed by atoms with Crippen LogP contribution in [-0.4, -0.2) is 18.5 Å². The van der Waals surface area contributed by atoms with E-state index in [-0.39, 0.29) is 12.4 Å². The van der Waals surface area contributed by atoms with Gasteiger partial charge in [0.25, 0.3) is 0 Å². The molecule has 2 heteroatoms. The van der Waals surface area contributed by atoms with Crippen molar-refractivity contribution in [2.75, 3.05) is 13.6 Å². The van der Waals surface area contributed by atoms with Crippen LogP contribution in [0.1, 0.15) is 36.4 Å². The highest BCUT2D eigenvalue weighted by molar-refractivity contribution is 5.85. The fourth-order valence-electron chi connectivity index (χ4n) is 2.98. The summed E-state index contributed by atoms with van der Waals surface area (Å²) >= 11 is 0. The minimum Gasteiger partial charge on any atom is -0.299 e. The van der Waals surface area contributed by atoms with Crippen molar-refractivity contribution in [3.05, 3.63) is 77.9 Å². The third-order valence-electron chi connectivity index (χ3n) is 4.43. The van der Waals surface area contributed by atoms with Gasteiger partial charge in [-0.15, -0.1) is 12.4 Å². The minimum atomic E-state index is 0. The molecule has 0 amide bonds. The van der Waals surface area contributed by atoms with Gasteiger partial charge in [-0.1, -0.05) is 72.8 Å². The Hall–Kier alpha value is -1.57. The highest BCUT2D eigenvalue weighted by Crippen LogP contribution is 2.33. The molecule has 2 aromatic rings. The van der Waals surface area contributed by atoms with E-state index >= 15 is 0 Å². The lowest BCUT2D eigenvalue weighted by Crippen LogP contribution is -2.26. The average molecular weight is 328 g/mol. The molecule has 1 aliphatic carbocycles. The molecular formula is C21H26ClN. The first-order chi connectivity index (χ1) is 10.8. The van der Waals surface area contributed by atoms with Gasteiger partial charge in [-0.2, -0.15) is 0 Å². The van der Waals surface area contributed by atoms with Gasteiger partial charge in [0.05, 0.1) is 0 Å². The lowest BCUT2D eigenvalue weighted by molar-refractivity contribution is 0.236. The van der Waals surface area contributed by atoms with Gasteiger partial charge in [0.2, 0.25) is 0 Å². The third-order valence-corrected chi connectivity index (χ3v) is 4.43. The van der Waals surface area contributed by atoms with E-state index in [0.717, 1.165) is 12.3 Å². The Morgan fingerprint density at radius 1 is 1.00 bits per heavy atom. The van der Waals surface area contributed by atoms with Crippen LogP contribution in [-0.2, 0) is 0 Å². The summed E-state index contributed by atoms with van der Waals surface area (Å²) in [6.07, 6.45) is 8.43. The number of hydrogen-bond donors (Lipinski definition) is 0. The Labute approximate surface area is 146 Å². The van der Waals surface area contributed by atoms with Crippen LogP contribution in [0.5, 0.6) is 0 Å². The summed E-state index contributed by atoms with van der Waals surface area (Å²) in [5.41, 5.74) is 2.70. The van der Waals surface area contributed by atoms with E-state index in [1.165, 1.54) is 30.5 Å². The fraction of sp³-hybridized carbons (Fsp3) is 0.333. The van der Waals surface area contributed by atoms with Gasteiger partial charge < -0.3 is 0 Å². The van der Waals surface area contributed by atoms with Crippen LogP contribution in [0.25, 0.3) is 6.08 Å². The van der Waals surface area contributed by atoms with Crippen molar-refractivity contribution in [1.82, 2.24) is 4.90 Å². The standard InChI is InChI=1S/C21H25N.ClH/c1-22(17-19-15-16-19)21(20-12-6-3-7-13-20)14-8-11-18-9-4-2-5-10-18;/h2-13,19,21H,14-17H2,1H3;1H/b11-8+;. The summed E-state index contributed by atoms with van der Waals surface area (Å²) in [5, 5.41) is 0. The molecule has 1 aliphatic rings. The van der Waals surface area contributed by atoms with E-state index in [9.17, 15) is 0 Å². The van der Waals surface area contributed by atoms with Crippen LogP contribution in [0.15, 0.2) is 66.7 Å². The monoisotopic (exact) mass is 327 g/mol. The van der Waals surface area contributed by atoms with E-state index in [2.05, 4.69) is 84.8 Å². The largest absolute Gasteiger partial charge is 0.299 e. The smallest absolute Gasteiger partial charge is 0.0379 e. The van der Waals surface area contributed by atoms with Crippen molar-refractivity contribution in [2.24, 2.45) is 5.92 Å². The van der Waals surface area contributed by atoms with Crippen molar-refractivity contribution in [2.45, 2.75) is 25.3 Å². The molecule has 1 saturated carbocycles. The molecule has 0 bridgehead atoms. The van der Waals surface area contributed by atoms with Gasteiger partial charge in [0.1, 0.15) is 0 Å². The first kappa shape index (κ1) is 17.8. The number of rotatable bonds is 7. The van der Waals surface area contributed by atoms with Gasteiger partial charge in [-0.25, -0.2) is 0 Å². The summed E-state index contributed by atoms with van der Waals surface area (Å²) in [5.74, 6) is 0.925. The van der Waals surface area contributed by atoms with Crippen LogP contribution in [0.2, 0.25) is 0 Å². The van der Waals surface area contributed by atoms with Crippen LogP contribution < -0.4 is 0 Å². The third kappa shape index (κ3) is 5.53. The molecule has 0 aromatic heterocycles. The predicted octanol–water partition coefficient (Wildman–Crippen LogP) is 5.59. The predicted molar refractivity (Wildman–Crippen MR) is 102 cm³/mol. The maximum atomic E-state index is 2.53. The number of hydrogen-bond acceptors (Lipinski definition) is 1. The first-order valence-electron chi connectivity index (χ1n) is 8.29. The lowest BCUT2D eigenvalue weighted by Gasteiger charge is -2.27. The van der Waals surface area contributed by atoms with E-state index in [4.69, 9.17) is 0 Å². The number of nitrogens with zero attached hydrogens (tertiary/aromatic N) is 1. The maximum absolute atomic E-state index is 2.53. The highest BCUT2D eigenvalue weighted by Gasteiger charge is 2.26. The lowest BCUT2D eigenvalue weighted by atomic mass is 10.0. The van der Waals surface area contributed by atoms with Crippen LogP contribution in [0.4, 0.5) is 0 Å². The van der Waals surface area contributed by atoms with Crippen molar-refractivity contribution < 1.29 is 0 Å². The summed E-state index contributed by atoms with van der Waals surface area (Å²) in [7, 11) is 2.27. The summed E-state index contributed by atoms with van der Waals surface area (Å²) in [4.78, 5) is 2.53. The van der Waals surface area contributed by atoms with Crippen molar-refractivity contribution in [1.29, 1.82) is 0 Å². The summed E-state index contributed by atoms with van der Waals surface area (Å²) < 4.78 is 0. The van der Waals surface area contributed by atoms with Gasteiger partial charge >= 0.3 is 0 Å². The molecule has 0 aliphatic heterocycles. The first-order valence-corrected chi connectivity index (χ1v) is 8.29. The normalized spacial score (nSPS) is 15.6. The quantitative estimate of drug-likeness (QED) is 0.640. The van der Waals surface area contributed by atoms with E-state index < -0.39 is 0 Å². The molecule has 1 unspecified atom stereocenters. The molecule has 23 heavy (non-hydrogen) atoms. The van der Waals surface area contributed by atoms with Gasteiger partial charge in [-0.3, -0.25) is 4.90 Å². The number of benzene rings is 2. The van der Waals surface area contributed by atoms with Gasteiger partial charge in [-0.05, 0) is 43.4 Å². The summed E-state index contributed by atoms with van der Waals surface area (Å²) in [6.45, 7) is 1.22. The van der Waals surface area contributed by atoms with Gasteiger partial charge in [0.15, 0.2) is 0 Å². The fourth-order valence-corrected chi connectivity index (χ4v) is 2.98. The molecule has 0 N–H and O–H groups in total. The van der Waals surface area contributed by atoms with Crippen LogP contribution in [0, 0.1) is 5.92 Å². The highest BCUT2D eigenvalue weighted by atomic mass is 35.5. The second-order valence-electron chi connectivity index (χ2n) is 6.36. The molecule has 2 aromatic carbocycles. The molecule has 1 fully saturated rings. The zero-order valence-corrected chi connectivity index (χ0v) is 14.6. The Morgan fingerprint density at radius 3 is 2.22 bits per heavy atom. The van der Waals surface area contributed by atoms with E-state index in [1.807, 2.05) is 0 Å². The molecule has 0 saturated heterocycles. The molecule has 1 nitrogen and oxygen atoms in total. The Balaban J connectivity index is 0.00000192. The van der Waals surface area contributed by atoms with Gasteiger partial charge in [0, 0.05) is 12.6 Å². The summed E-state index contributed by atoms with van der Waals surface area (Å²) in [6, 6.07) is 21.9. The zero-order valence-electron chi connectivity index (χ0n) is 13.8. The van der Waals surface area contributed by atoms with E-state index in [1.54, 1.807) is 0 Å². The molecule has 0 radical (unpaired) electrons. The van der Waals surface area contributed by atoms with Crippen molar-refractivity contribution in [3.63, 3.8) is 0 Å². The average Bonchev–Trinajstić information content (AvgIpc) is 3.37. The minimum absolute atomic E-state index is 0. The topological polar surface area (TPSA) is 3.24 Å². The van der Waals surface area contributed by atoms with Crippen LogP contribution >= 0.6 is 12.4 Å². The Bertz CT molecular complexity index is 590.